The van der Waals surface area contributed by atoms with E-state index in [0.29, 0.717) is 0 Å². The average Bonchev–Trinajstić information content (AvgIpc) is 2.47. The smallest absolute Gasteiger partial charge is 0.244 e. The van der Waals surface area contributed by atoms with E-state index in [4.69, 9.17) is 5.73 Å². The van der Waals surface area contributed by atoms with E-state index in [0.717, 1.165) is 16.8 Å². The number of hydrogen-bond acceptors (Lipinski definition) is 2. The molecular weight excluding hydrogens is 176 g/mol. The standard InChI is InChI=1S/C11H12N2O/c1-7-6-10(14)13-11(7)8-2-4-9(12)5-3-8/h2-6,11H,12H2,1H3,(H,13,14). The number of carbonyl (C=O) groups excluding carboxylic acids is 1. The first kappa shape index (κ1) is 8.81. The monoisotopic (exact) mass is 188 g/mol. The number of amides is 1. The molecule has 0 aliphatic carbocycles. The molecule has 1 atom stereocenters. The van der Waals surface area contributed by atoms with E-state index < -0.39 is 0 Å². The lowest BCUT2D eigenvalue weighted by Gasteiger charge is -2.12. The third-order valence-corrected chi connectivity index (χ3v) is 2.37. The highest BCUT2D eigenvalue weighted by Crippen LogP contribution is 2.25. The summed E-state index contributed by atoms with van der Waals surface area (Å²) in [6.07, 6.45) is 1.63. The first-order chi connectivity index (χ1) is 6.66. The van der Waals surface area contributed by atoms with Crippen molar-refractivity contribution in [3.05, 3.63) is 41.5 Å². The van der Waals surface area contributed by atoms with Crippen LogP contribution in [0.4, 0.5) is 5.69 Å². The molecule has 1 aromatic rings. The summed E-state index contributed by atoms with van der Waals surface area (Å²) in [5, 5.41) is 2.87. The van der Waals surface area contributed by atoms with Crippen LogP contribution in [0.3, 0.4) is 0 Å². The van der Waals surface area contributed by atoms with Crippen LogP contribution in [0.2, 0.25) is 0 Å². The second-order valence-corrected chi connectivity index (χ2v) is 3.50. The normalized spacial score (nSPS) is 20.5. The van der Waals surface area contributed by atoms with Crippen molar-refractivity contribution in [2.45, 2.75) is 13.0 Å². The maximum absolute atomic E-state index is 11.1. The molecule has 0 fully saturated rings. The molecule has 1 amide bonds. The summed E-state index contributed by atoms with van der Waals surface area (Å²) in [4.78, 5) is 11.1. The number of benzene rings is 1. The highest BCUT2D eigenvalue weighted by Gasteiger charge is 2.21. The number of nitrogens with two attached hydrogens (primary N) is 1. The van der Waals surface area contributed by atoms with Crippen molar-refractivity contribution in [1.82, 2.24) is 5.32 Å². The number of rotatable bonds is 1. The molecule has 1 aliphatic rings. The Balaban J connectivity index is 2.29. The van der Waals surface area contributed by atoms with Crippen LogP contribution in [0.5, 0.6) is 0 Å². The van der Waals surface area contributed by atoms with Gasteiger partial charge < -0.3 is 11.1 Å². The van der Waals surface area contributed by atoms with E-state index in [2.05, 4.69) is 5.32 Å². The summed E-state index contributed by atoms with van der Waals surface area (Å²) in [5.74, 6) is -0.0238. The van der Waals surface area contributed by atoms with Gasteiger partial charge in [0, 0.05) is 11.8 Å². The lowest BCUT2D eigenvalue weighted by atomic mass is 10.0. The van der Waals surface area contributed by atoms with Crippen LogP contribution >= 0.6 is 0 Å². The minimum absolute atomic E-state index is 0.0168. The van der Waals surface area contributed by atoms with Gasteiger partial charge in [0.2, 0.25) is 5.91 Å². The zero-order chi connectivity index (χ0) is 10.1. The molecule has 1 heterocycles. The maximum Gasteiger partial charge on any atom is 0.244 e. The van der Waals surface area contributed by atoms with E-state index in [1.165, 1.54) is 0 Å². The Labute approximate surface area is 82.6 Å². The fourth-order valence-electron chi connectivity index (χ4n) is 1.62. The molecule has 0 radical (unpaired) electrons. The summed E-state index contributed by atoms with van der Waals surface area (Å²) in [6.45, 7) is 1.94. The molecule has 3 nitrogen and oxygen atoms in total. The van der Waals surface area contributed by atoms with E-state index in [-0.39, 0.29) is 11.9 Å². The predicted molar refractivity (Wildman–Crippen MR) is 55.5 cm³/mol. The minimum atomic E-state index is -0.0238. The van der Waals surface area contributed by atoms with Crippen molar-refractivity contribution in [2.24, 2.45) is 0 Å². The van der Waals surface area contributed by atoms with Crippen LogP contribution in [0.25, 0.3) is 0 Å². The van der Waals surface area contributed by atoms with Gasteiger partial charge in [-0.15, -0.1) is 0 Å². The highest BCUT2D eigenvalue weighted by atomic mass is 16.1. The Morgan fingerprint density at radius 1 is 1.29 bits per heavy atom. The van der Waals surface area contributed by atoms with Crippen molar-refractivity contribution in [2.75, 3.05) is 5.73 Å². The third-order valence-electron chi connectivity index (χ3n) is 2.37. The second-order valence-electron chi connectivity index (χ2n) is 3.50. The van der Waals surface area contributed by atoms with Gasteiger partial charge in [0.1, 0.15) is 0 Å². The third kappa shape index (κ3) is 1.48. The van der Waals surface area contributed by atoms with Gasteiger partial charge in [-0.3, -0.25) is 4.79 Å². The van der Waals surface area contributed by atoms with Gasteiger partial charge in [-0.1, -0.05) is 12.1 Å². The Kier molecular flexibility index (Phi) is 2.00. The second kappa shape index (κ2) is 3.18. The van der Waals surface area contributed by atoms with Crippen molar-refractivity contribution < 1.29 is 4.79 Å². The molecule has 72 valence electrons. The van der Waals surface area contributed by atoms with Crippen molar-refractivity contribution in [3.63, 3.8) is 0 Å². The van der Waals surface area contributed by atoms with E-state index in [9.17, 15) is 4.79 Å². The summed E-state index contributed by atoms with van der Waals surface area (Å²) >= 11 is 0. The van der Waals surface area contributed by atoms with Crippen molar-refractivity contribution in [3.8, 4) is 0 Å². The summed E-state index contributed by atoms with van der Waals surface area (Å²) in [7, 11) is 0. The molecule has 14 heavy (non-hydrogen) atoms. The molecule has 2 rings (SSSR count). The van der Waals surface area contributed by atoms with Gasteiger partial charge in [0.25, 0.3) is 0 Å². The lowest BCUT2D eigenvalue weighted by Crippen LogP contribution is -2.20. The largest absolute Gasteiger partial charge is 0.399 e. The number of carbonyl (C=O) groups is 1. The number of nitrogen functional groups attached to an aromatic ring is 1. The van der Waals surface area contributed by atoms with Gasteiger partial charge >= 0.3 is 0 Å². The fraction of sp³-hybridized carbons (Fsp3) is 0.182. The molecule has 3 N–H and O–H groups in total. The van der Waals surface area contributed by atoms with Gasteiger partial charge in [-0.05, 0) is 30.2 Å². The fourth-order valence-corrected chi connectivity index (χ4v) is 1.62. The Morgan fingerprint density at radius 3 is 2.43 bits per heavy atom. The number of nitrogens with one attached hydrogen (secondary N) is 1. The zero-order valence-corrected chi connectivity index (χ0v) is 7.95. The zero-order valence-electron chi connectivity index (χ0n) is 7.95. The minimum Gasteiger partial charge on any atom is -0.399 e. The molecule has 1 aliphatic heterocycles. The van der Waals surface area contributed by atoms with Gasteiger partial charge in [-0.25, -0.2) is 0 Å². The van der Waals surface area contributed by atoms with Crippen LogP contribution in [-0.2, 0) is 4.79 Å². The van der Waals surface area contributed by atoms with Crippen LogP contribution in [0.1, 0.15) is 18.5 Å². The molecule has 1 aromatic carbocycles. The van der Waals surface area contributed by atoms with E-state index in [1.54, 1.807) is 6.08 Å². The lowest BCUT2D eigenvalue weighted by molar-refractivity contribution is -0.116. The molecular formula is C11H12N2O. The number of anilines is 1. The summed E-state index contributed by atoms with van der Waals surface area (Å²) in [5.41, 5.74) is 8.43. The van der Waals surface area contributed by atoms with Crippen LogP contribution in [0.15, 0.2) is 35.9 Å². The van der Waals surface area contributed by atoms with E-state index >= 15 is 0 Å². The maximum atomic E-state index is 11.1. The molecule has 0 bridgehead atoms. The SMILES string of the molecule is CC1=CC(=O)NC1c1ccc(N)cc1. The van der Waals surface area contributed by atoms with Crippen LogP contribution in [0, 0.1) is 0 Å². The average molecular weight is 188 g/mol. The number of hydrogen-bond donors (Lipinski definition) is 2. The molecule has 3 heteroatoms. The van der Waals surface area contributed by atoms with Gasteiger partial charge in [0.05, 0.1) is 6.04 Å². The summed E-state index contributed by atoms with van der Waals surface area (Å²) in [6, 6.07) is 7.56. The van der Waals surface area contributed by atoms with Gasteiger partial charge in [0.15, 0.2) is 0 Å². The van der Waals surface area contributed by atoms with Crippen LogP contribution in [-0.4, -0.2) is 5.91 Å². The first-order valence-electron chi connectivity index (χ1n) is 4.51. The Hall–Kier alpha value is -1.77. The predicted octanol–water partition coefficient (Wildman–Crippen LogP) is 1.39. The quantitative estimate of drug-likeness (QED) is 0.654. The molecule has 0 spiro atoms. The highest BCUT2D eigenvalue weighted by molar-refractivity contribution is 5.91. The van der Waals surface area contributed by atoms with Crippen molar-refractivity contribution in [1.29, 1.82) is 0 Å². The van der Waals surface area contributed by atoms with Crippen LogP contribution < -0.4 is 11.1 Å². The van der Waals surface area contributed by atoms with Crippen molar-refractivity contribution >= 4 is 11.6 Å². The summed E-state index contributed by atoms with van der Waals surface area (Å²) < 4.78 is 0. The topological polar surface area (TPSA) is 55.1 Å². The molecule has 1 unspecified atom stereocenters. The molecule has 0 aromatic heterocycles. The molecule has 0 saturated heterocycles. The Morgan fingerprint density at radius 2 is 1.93 bits per heavy atom. The molecule has 0 saturated carbocycles. The van der Waals surface area contributed by atoms with Gasteiger partial charge in [-0.2, -0.15) is 0 Å². The first-order valence-corrected chi connectivity index (χ1v) is 4.51. The van der Waals surface area contributed by atoms with E-state index in [1.807, 2.05) is 31.2 Å². The Bertz CT molecular complexity index is 392.